The van der Waals surface area contributed by atoms with Gasteiger partial charge in [0.1, 0.15) is 5.72 Å². The summed E-state index contributed by atoms with van der Waals surface area (Å²) in [5.74, 6) is 0. The minimum Gasteiger partial charge on any atom is -0.399 e. The predicted molar refractivity (Wildman–Crippen MR) is 52.6 cm³/mol. The van der Waals surface area contributed by atoms with Gasteiger partial charge >= 0.3 is 0 Å². The first-order chi connectivity index (χ1) is 6.06. The van der Waals surface area contributed by atoms with Gasteiger partial charge in [0.25, 0.3) is 0 Å². The van der Waals surface area contributed by atoms with Crippen molar-refractivity contribution in [2.24, 2.45) is 11.5 Å². The first kappa shape index (κ1) is 9.98. The molecule has 0 fully saturated rings. The van der Waals surface area contributed by atoms with Crippen LogP contribution in [0.3, 0.4) is 0 Å². The van der Waals surface area contributed by atoms with Crippen LogP contribution >= 0.6 is 0 Å². The molecule has 0 spiro atoms. The molecule has 4 nitrogen and oxygen atoms in total. The molecule has 0 aliphatic rings. The zero-order valence-corrected chi connectivity index (χ0v) is 7.40. The van der Waals surface area contributed by atoms with Gasteiger partial charge in [-0.1, -0.05) is 12.1 Å². The van der Waals surface area contributed by atoms with Crippen LogP contribution in [0, 0.1) is 0 Å². The van der Waals surface area contributed by atoms with Gasteiger partial charge in [-0.05, 0) is 24.2 Å². The van der Waals surface area contributed by atoms with Crippen molar-refractivity contribution in [1.29, 1.82) is 0 Å². The van der Waals surface area contributed by atoms with Crippen molar-refractivity contribution in [3.63, 3.8) is 0 Å². The van der Waals surface area contributed by atoms with E-state index >= 15 is 0 Å². The third kappa shape index (κ3) is 2.42. The Labute approximate surface area is 77.3 Å². The molecule has 0 bridgehead atoms. The molecule has 0 heterocycles. The fourth-order valence-electron chi connectivity index (χ4n) is 1.14. The molecule has 0 aliphatic carbocycles. The quantitative estimate of drug-likeness (QED) is 0.381. The second-order valence-electron chi connectivity index (χ2n) is 3.08. The standard InChI is InChI=1S/C9H15N3O/c10-6-5-9(12,13)7-1-3-8(11)4-2-7/h1-4,13H,5-6,10-12H2. The third-order valence-corrected chi connectivity index (χ3v) is 1.94. The van der Waals surface area contributed by atoms with E-state index in [1.165, 1.54) is 0 Å². The largest absolute Gasteiger partial charge is 0.399 e. The Bertz CT molecular complexity index is 269. The van der Waals surface area contributed by atoms with E-state index in [0.29, 0.717) is 24.2 Å². The zero-order valence-electron chi connectivity index (χ0n) is 7.40. The van der Waals surface area contributed by atoms with E-state index in [1.54, 1.807) is 24.3 Å². The summed E-state index contributed by atoms with van der Waals surface area (Å²) in [5, 5.41) is 9.73. The maximum Gasteiger partial charge on any atom is 0.140 e. The fourth-order valence-corrected chi connectivity index (χ4v) is 1.14. The SMILES string of the molecule is NCCC(N)(O)c1ccc(N)cc1. The Morgan fingerprint density at radius 1 is 1.23 bits per heavy atom. The topological polar surface area (TPSA) is 98.3 Å². The molecule has 1 aromatic carbocycles. The van der Waals surface area contributed by atoms with Crippen molar-refractivity contribution < 1.29 is 5.11 Å². The van der Waals surface area contributed by atoms with Crippen LogP contribution in [0.1, 0.15) is 12.0 Å². The van der Waals surface area contributed by atoms with Gasteiger partial charge in [-0.25, -0.2) is 0 Å². The first-order valence-electron chi connectivity index (χ1n) is 4.13. The average molecular weight is 181 g/mol. The third-order valence-electron chi connectivity index (χ3n) is 1.94. The van der Waals surface area contributed by atoms with Gasteiger partial charge in [0.05, 0.1) is 0 Å². The lowest BCUT2D eigenvalue weighted by molar-refractivity contribution is 0.0369. The van der Waals surface area contributed by atoms with E-state index < -0.39 is 5.72 Å². The molecule has 0 aliphatic heterocycles. The van der Waals surface area contributed by atoms with E-state index in [1.807, 2.05) is 0 Å². The van der Waals surface area contributed by atoms with Crippen molar-refractivity contribution in [2.75, 3.05) is 12.3 Å². The van der Waals surface area contributed by atoms with Crippen LogP contribution in [-0.2, 0) is 5.72 Å². The van der Waals surface area contributed by atoms with Crippen LogP contribution in [0.2, 0.25) is 0 Å². The molecule has 0 saturated heterocycles. The zero-order chi connectivity index (χ0) is 9.90. The van der Waals surface area contributed by atoms with Crippen molar-refractivity contribution in [1.82, 2.24) is 0 Å². The summed E-state index contributed by atoms with van der Waals surface area (Å²) < 4.78 is 0. The predicted octanol–water partition coefficient (Wildman–Crippen LogP) is -0.279. The first-order valence-corrected chi connectivity index (χ1v) is 4.13. The highest BCUT2D eigenvalue weighted by Crippen LogP contribution is 2.19. The summed E-state index contributed by atoms with van der Waals surface area (Å²) in [5.41, 5.74) is 16.4. The molecule has 4 heteroatoms. The molecular formula is C9H15N3O. The van der Waals surface area contributed by atoms with Gasteiger partial charge in [0.15, 0.2) is 0 Å². The Hall–Kier alpha value is -1.10. The Morgan fingerprint density at radius 3 is 2.23 bits per heavy atom. The lowest BCUT2D eigenvalue weighted by Crippen LogP contribution is -2.38. The van der Waals surface area contributed by atoms with Gasteiger partial charge in [0.2, 0.25) is 0 Å². The summed E-state index contributed by atoms with van der Waals surface area (Å²) >= 11 is 0. The van der Waals surface area contributed by atoms with E-state index in [-0.39, 0.29) is 0 Å². The average Bonchev–Trinajstić information content (AvgIpc) is 2.05. The summed E-state index contributed by atoms with van der Waals surface area (Å²) in [4.78, 5) is 0. The van der Waals surface area contributed by atoms with Gasteiger partial charge < -0.3 is 16.6 Å². The molecule has 1 atom stereocenters. The number of nitrogens with two attached hydrogens (primary N) is 3. The monoisotopic (exact) mass is 181 g/mol. The van der Waals surface area contributed by atoms with Crippen molar-refractivity contribution >= 4 is 5.69 Å². The van der Waals surface area contributed by atoms with Gasteiger partial charge in [-0.15, -0.1) is 0 Å². The van der Waals surface area contributed by atoms with Crippen LogP contribution < -0.4 is 17.2 Å². The van der Waals surface area contributed by atoms with Crippen molar-refractivity contribution in [3.8, 4) is 0 Å². The van der Waals surface area contributed by atoms with Gasteiger partial charge in [0, 0.05) is 12.1 Å². The lowest BCUT2D eigenvalue weighted by atomic mass is 10.0. The molecule has 0 amide bonds. The van der Waals surface area contributed by atoms with Crippen molar-refractivity contribution in [3.05, 3.63) is 29.8 Å². The Balaban J connectivity index is 2.87. The number of hydrogen-bond acceptors (Lipinski definition) is 4. The van der Waals surface area contributed by atoms with Crippen LogP contribution in [0.25, 0.3) is 0 Å². The lowest BCUT2D eigenvalue weighted by Gasteiger charge is -2.22. The molecule has 0 aromatic heterocycles. The smallest absolute Gasteiger partial charge is 0.140 e. The van der Waals surface area contributed by atoms with Gasteiger partial charge in [-0.2, -0.15) is 0 Å². The summed E-state index contributed by atoms with van der Waals surface area (Å²) in [6.07, 6.45) is 0.330. The van der Waals surface area contributed by atoms with Crippen molar-refractivity contribution in [2.45, 2.75) is 12.1 Å². The molecule has 7 N–H and O–H groups in total. The van der Waals surface area contributed by atoms with E-state index in [9.17, 15) is 5.11 Å². The second kappa shape index (κ2) is 3.74. The fraction of sp³-hybridized carbons (Fsp3) is 0.333. The molecule has 0 saturated carbocycles. The minimum absolute atomic E-state index is 0.330. The number of rotatable bonds is 3. The van der Waals surface area contributed by atoms with Crippen LogP contribution in [0.5, 0.6) is 0 Å². The minimum atomic E-state index is -1.34. The van der Waals surface area contributed by atoms with Crippen LogP contribution in [0.15, 0.2) is 24.3 Å². The summed E-state index contributed by atoms with van der Waals surface area (Å²) in [6, 6.07) is 6.79. The second-order valence-corrected chi connectivity index (χ2v) is 3.08. The maximum atomic E-state index is 9.73. The summed E-state index contributed by atoms with van der Waals surface area (Å²) in [7, 11) is 0. The van der Waals surface area contributed by atoms with Gasteiger partial charge in [-0.3, -0.25) is 5.73 Å². The molecular weight excluding hydrogens is 166 g/mol. The Kier molecular flexibility index (Phi) is 2.87. The number of nitrogen functional groups attached to an aromatic ring is 1. The normalized spacial score (nSPS) is 15.3. The molecule has 1 rings (SSSR count). The maximum absolute atomic E-state index is 9.73. The summed E-state index contributed by atoms with van der Waals surface area (Å²) in [6.45, 7) is 0.345. The highest BCUT2D eigenvalue weighted by atomic mass is 16.3. The van der Waals surface area contributed by atoms with E-state index in [0.717, 1.165) is 0 Å². The van der Waals surface area contributed by atoms with E-state index in [4.69, 9.17) is 17.2 Å². The number of benzene rings is 1. The highest BCUT2D eigenvalue weighted by molar-refractivity contribution is 5.40. The molecule has 72 valence electrons. The molecule has 1 aromatic rings. The highest BCUT2D eigenvalue weighted by Gasteiger charge is 2.21. The molecule has 0 radical (unpaired) electrons. The number of hydrogen-bond donors (Lipinski definition) is 4. The Morgan fingerprint density at radius 2 is 1.77 bits per heavy atom. The molecule has 1 unspecified atom stereocenters. The molecule has 13 heavy (non-hydrogen) atoms. The van der Waals surface area contributed by atoms with E-state index in [2.05, 4.69) is 0 Å². The van der Waals surface area contributed by atoms with Crippen LogP contribution in [0.4, 0.5) is 5.69 Å². The number of aliphatic hydroxyl groups is 1. The van der Waals surface area contributed by atoms with Crippen LogP contribution in [-0.4, -0.2) is 11.7 Å². The number of anilines is 1.